The quantitative estimate of drug-likeness (QED) is 0.450. The molecule has 0 aliphatic carbocycles. The van der Waals surface area contributed by atoms with E-state index in [9.17, 15) is 0 Å². The zero-order chi connectivity index (χ0) is 19.5. The Kier molecular flexibility index (Phi) is 4.54. The van der Waals surface area contributed by atoms with Crippen LogP contribution in [0.4, 0.5) is 0 Å². The molecule has 0 bridgehead atoms. The molecule has 5 nitrogen and oxygen atoms in total. The lowest BCUT2D eigenvalue weighted by molar-refractivity contribution is 0.788. The molecule has 4 heterocycles. The summed E-state index contributed by atoms with van der Waals surface area (Å²) in [5, 5.41) is 0. The Labute approximate surface area is 168 Å². The molecule has 140 valence electrons. The first-order valence-corrected chi connectivity index (χ1v) is 9.56. The van der Waals surface area contributed by atoms with Gasteiger partial charge in [-0.3, -0.25) is 14.5 Å². The number of hydrogen-bond acceptors (Lipinski definition) is 4. The lowest BCUT2D eigenvalue weighted by atomic mass is 9.87. The summed E-state index contributed by atoms with van der Waals surface area (Å²) in [7, 11) is 0. The minimum absolute atomic E-state index is 0.154. The first kappa shape index (κ1) is 17.3. The molecule has 0 aliphatic rings. The number of hydrogen-bond donors (Lipinski definition) is 0. The Morgan fingerprint density at radius 1 is 0.724 bits per heavy atom. The van der Waals surface area contributed by atoms with Crippen LogP contribution in [0, 0.1) is 0 Å². The van der Waals surface area contributed by atoms with Crippen molar-refractivity contribution in [2.45, 2.75) is 12.3 Å². The minimum Gasteiger partial charge on any atom is -0.283 e. The van der Waals surface area contributed by atoms with Gasteiger partial charge in [0.1, 0.15) is 11.8 Å². The van der Waals surface area contributed by atoms with Gasteiger partial charge in [0.2, 0.25) is 0 Å². The molecule has 0 N–H and O–H groups in total. The van der Waals surface area contributed by atoms with Crippen molar-refractivity contribution in [3.8, 4) is 5.69 Å². The molecule has 0 spiro atoms. The van der Waals surface area contributed by atoms with Gasteiger partial charge in [0.15, 0.2) is 5.65 Å². The summed E-state index contributed by atoms with van der Waals surface area (Å²) in [5.41, 5.74) is 6.40. The van der Waals surface area contributed by atoms with Gasteiger partial charge in [-0.1, -0.05) is 30.3 Å². The molecule has 0 radical (unpaired) electrons. The molecule has 0 amide bonds. The van der Waals surface area contributed by atoms with Crippen LogP contribution in [-0.4, -0.2) is 24.5 Å². The predicted molar refractivity (Wildman–Crippen MR) is 113 cm³/mol. The molecule has 0 saturated heterocycles. The average molecular weight is 377 g/mol. The minimum atomic E-state index is 0.154. The largest absolute Gasteiger partial charge is 0.283 e. The van der Waals surface area contributed by atoms with Crippen LogP contribution in [0.1, 0.15) is 22.6 Å². The Balaban J connectivity index is 1.61. The van der Waals surface area contributed by atoms with Crippen molar-refractivity contribution in [2.75, 3.05) is 0 Å². The van der Waals surface area contributed by atoms with Gasteiger partial charge >= 0.3 is 0 Å². The number of pyridine rings is 3. The van der Waals surface area contributed by atoms with Crippen LogP contribution in [0.3, 0.4) is 0 Å². The van der Waals surface area contributed by atoms with E-state index in [1.807, 2.05) is 43.0 Å². The number of aromatic nitrogens is 5. The van der Waals surface area contributed by atoms with Gasteiger partial charge in [0, 0.05) is 36.9 Å². The van der Waals surface area contributed by atoms with Crippen LogP contribution in [-0.2, 0) is 6.42 Å². The van der Waals surface area contributed by atoms with E-state index >= 15 is 0 Å². The third kappa shape index (κ3) is 3.38. The fourth-order valence-electron chi connectivity index (χ4n) is 3.76. The Hall–Kier alpha value is -3.86. The van der Waals surface area contributed by atoms with Crippen molar-refractivity contribution in [3.63, 3.8) is 0 Å². The van der Waals surface area contributed by atoms with E-state index in [0.29, 0.717) is 0 Å². The number of fused-ring (bicyclic) bond motifs is 1. The predicted octanol–water partition coefficient (Wildman–Crippen LogP) is 4.59. The van der Waals surface area contributed by atoms with Crippen LogP contribution in [0.15, 0.2) is 98.0 Å². The summed E-state index contributed by atoms with van der Waals surface area (Å²) < 4.78 is 2.06. The second-order valence-electron chi connectivity index (χ2n) is 6.92. The maximum absolute atomic E-state index is 4.53. The number of nitrogens with zero attached hydrogens (tertiary/aromatic N) is 5. The van der Waals surface area contributed by atoms with Gasteiger partial charge < -0.3 is 0 Å². The van der Waals surface area contributed by atoms with Crippen molar-refractivity contribution in [2.24, 2.45) is 0 Å². The van der Waals surface area contributed by atoms with Crippen molar-refractivity contribution >= 4 is 11.2 Å². The van der Waals surface area contributed by atoms with Gasteiger partial charge in [-0.05, 0) is 53.4 Å². The second-order valence-corrected chi connectivity index (χ2v) is 6.92. The fraction of sp³-hybridized carbons (Fsp3) is 0.0833. The van der Waals surface area contributed by atoms with E-state index in [1.165, 1.54) is 16.7 Å². The Morgan fingerprint density at radius 3 is 2.17 bits per heavy atom. The molecule has 29 heavy (non-hydrogen) atoms. The van der Waals surface area contributed by atoms with Crippen molar-refractivity contribution in [1.82, 2.24) is 24.5 Å². The van der Waals surface area contributed by atoms with Gasteiger partial charge in [-0.15, -0.1) is 0 Å². The molecular weight excluding hydrogens is 358 g/mol. The van der Waals surface area contributed by atoms with E-state index in [4.69, 9.17) is 0 Å². The summed E-state index contributed by atoms with van der Waals surface area (Å²) in [6.45, 7) is 0. The zero-order valence-electron chi connectivity index (χ0n) is 15.8. The molecule has 0 atom stereocenters. The van der Waals surface area contributed by atoms with E-state index in [2.05, 4.69) is 60.9 Å². The third-order valence-corrected chi connectivity index (χ3v) is 5.16. The number of para-hydroxylation sites is 1. The molecular formula is C24H19N5. The highest BCUT2D eigenvalue weighted by atomic mass is 15.1. The average Bonchev–Trinajstić information content (AvgIpc) is 3.23. The van der Waals surface area contributed by atoms with Crippen LogP contribution in [0.5, 0.6) is 0 Å². The number of rotatable bonds is 5. The number of benzene rings is 1. The first-order chi connectivity index (χ1) is 14.4. The standard InChI is InChI=1S/C24H19N5/c1-2-10-23(29-17-28-22-9-5-13-27-24(22)29)18(6-1)14-21(19-7-3-11-25-15-19)20-8-4-12-26-16-20/h1-13,15-17,21H,14H2. The van der Waals surface area contributed by atoms with Gasteiger partial charge in [-0.2, -0.15) is 0 Å². The lowest BCUT2D eigenvalue weighted by Gasteiger charge is -2.20. The van der Waals surface area contributed by atoms with E-state index in [-0.39, 0.29) is 5.92 Å². The normalized spacial score (nSPS) is 11.2. The highest BCUT2D eigenvalue weighted by molar-refractivity contribution is 5.73. The van der Waals surface area contributed by atoms with Crippen molar-refractivity contribution in [1.29, 1.82) is 0 Å². The molecule has 4 aromatic heterocycles. The summed E-state index contributed by atoms with van der Waals surface area (Å²) in [4.78, 5) is 17.7. The van der Waals surface area contributed by atoms with Crippen LogP contribution >= 0.6 is 0 Å². The van der Waals surface area contributed by atoms with E-state index in [1.54, 1.807) is 18.6 Å². The summed E-state index contributed by atoms with van der Waals surface area (Å²) in [6.07, 6.45) is 12.0. The van der Waals surface area contributed by atoms with Crippen molar-refractivity contribution < 1.29 is 0 Å². The number of imidazole rings is 1. The monoisotopic (exact) mass is 377 g/mol. The lowest BCUT2D eigenvalue weighted by Crippen LogP contribution is -2.08. The maximum Gasteiger partial charge on any atom is 0.164 e. The van der Waals surface area contributed by atoms with Crippen molar-refractivity contribution in [3.05, 3.63) is 115 Å². The van der Waals surface area contributed by atoms with Gasteiger partial charge in [0.05, 0.1) is 5.69 Å². The Bertz CT molecular complexity index is 1190. The summed E-state index contributed by atoms with van der Waals surface area (Å²) >= 11 is 0. The van der Waals surface area contributed by atoms with Crippen LogP contribution in [0.2, 0.25) is 0 Å². The molecule has 5 heteroatoms. The SMILES string of the molecule is c1cncc(C(Cc2ccccc2-n2cnc3cccnc32)c2cccnc2)c1. The van der Waals surface area contributed by atoms with E-state index < -0.39 is 0 Å². The summed E-state index contributed by atoms with van der Waals surface area (Å²) in [6, 6.07) is 20.5. The smallest absolute Gasteiger partial charge is 0.164 e. The highest BCUT2D eigenvalue weighted by Gasteiger charge is 2.18. The van der Waals surface area contributed by atoms with Crippen LogP contribution in [0.25, 0.3) is 16.9 Å². The third-order valence-electron chi connectivity index (χ3n) is 5.16. The van der Waals surface area contributed by atoms with Crippen LogP contribution < -0.4 is 0 Å². The molecule has 5 rings (SSSR count). The zero-order valence-corrected chi connectivity index (χ0v) is 15.8. The van der Waals surface area contributed by atoms with Gasteiger partial charge in [0.25, 0.3) is 0 Å². The molecule has 0 unspecified atom stereocenters. The highest BCUT2D eigenvalue weighted by Crippen LogP contribution is 2.30. The Morgan fingerprint density at radius 2 is 1.45 bits per heavy atom. The first-order valence-electron chi connectivity index (χ1n) is 9.56. The van der Waals surface area contributed by atoms with E-state index in [0.717, 1.165) is 23.3 Å². The van der Waals surface area contributed by atoms with Gasteiger partial charge in [-0.25, -0.2) is 9.97 Å². The molecule has 1 aromatic carbocycles. The molecule has 0 saturated carbocycles. The molecule has 0 fully saturated rings. The molecule has 0 aliphatic heterocycles. The maximum atomic E-state index is 4.53. The summed E-state index contributed by atoms with van der Waals surface area (Å²) in [5.74, 6) is 0.154. The second kappa shape index (κ2) is 7.64. The molecule has 5 aromatic rings. The fourth-order valence-corrected chi connectivity index (χ4v) is 3.76. The topological polar surface area (TPSA) is 56.5 Å².